The number of rotatable bonds is 7. The fourth-order valence-electron chi connectivity index (χ4n) is 3.21. The molecule has 2 heterocycles. The fraction of sp³-hybridized carbons (Fsp3) is 0.238. The molecule has 0 spiro atoms. The van der Waals surface area contributed by atoms with Crippen LogP contribution in [0.5, 0.6) is 5.75 Å². The molecule has 1 N–H and O–H groups in total. The lowest BCUT2D eigenvalue weighted by atomic mass is 10.0. The Hall–Kier alpha value is -2.45. The Bertz CT molecular complexity index is 1070. The molecule has 6 nitrogen and oxygen atoms in total. The lowest BCUT2D eigenvalue weighted by Gasteiger charge is -2.17. The van der Waals surface area contributed by atoms with Gasteiger partial charge < -0.3 is 10.1 Å². The third-order valence-corrected chi connectivity index (χ3v) is 6.68. The molecule has 1 atom stereocenters. The maximum absolute atomic E-state index is 12.8. The summed E-state index contributed by atoms with van der Waals surface area (Å²) >= 11 is 3.53. The van der Waals surface area contributed by atoms with Gasteiger partial charge in [-0.15, -0.1) is 0 Å². The van der Waals surface area contributed by atoms with Gasteiger partial charge in [0, 0.05) is 34.7 Å². The number of aryl methyl sites for hydroxylation is 1. The topological polar surface area (TPSA) is 73.2 Å². The molecule has 1 aliphatic heterocycles. The van der Waals surface area contributed by atoms with Gasteiger partial charge in [0.05, 0.1) is 23.1 Å². The van der Waals surface area contributed by atoms with Gasteiger partial charge in [-0.05, 0) is 64.7 Å². The Labute approximate surface area is 179 Å². The van der Waals surface area contributed by atoms with Crippen LogP contribution in [-0.2, 0) is 22.0 Å². The Kier molecular flexibility index (Phi) is 6.10. The molecule has 0 saturated carbocycles. The van der Waals surface area contributed by atoms with Crippen LogP contribution in [0.25, 0.3) is 5.69 Å². The average molecular weight is 474 g/mol. The van der Waals surface area contributed by atoms with Gasteiger partial charge in [-0.1, -0.05) is 12.1 Å². The molecule has 0 aliphatic carbocycles. The van der Waals surface area contributed by atoms with Crippen molar-refractivity contribution in [2.45, 2.75) is 24.4 Å². The van der Waals surface area contributed by atoms with Crippen molar-refractivity contribution in [2.75, 3.05) is 17.7 Å². The highest BCUT2D eigenvalue weighted by Gasteiger charge is 2.16. The molecule has 1 aromatic heterocycles. The molecular weight excluding hydrogens is 454 g/mol. The van der Waals surface area contributed by atoms with E-state index in [2.05, 4.69) is 26.2 Å². The molecule has 1 amide bonds. The highest BCUT2D eigenvalue weighted by molar-refractivity contribution is 9.10. The lowest BCUT2D eigenvalue weighted by Crippen LogP contribution is -2.18. The zero-order valence-corrected chi connectivity index (χ0v) is 18.0. The van der Waals surface area contributed by atoms with Gasteiger partial charge in [0.15, 0.2) is 0 Å². The average Bonchev–Trinajstić information content (AvgIpc) is 3.21. The van der Waals surface area contributed by atoms with Crippen molar-refractivity contribution in [1.82, 2.24) is 9.55 Å². The largest absolute Gasteiger partial charge is 0.494 e. The summed E-state index contributed by atoms with van der Waals surface area (Å²) in [5, 5.41) is 3.39. The van der Waals surface area contributed by atoms with Crippen molar-refractivity contribution in [2.24, 2.45) is 0 Å². The number of anilines is 1. The predicted octanol–water partition coefficient (Wildman–Crippen LogP) is 4.10. The summed E-state index contributed by atoms with van der Waals surface area (Å²) in [4.78, 5) is 15.7. The molecule has 2 aromatic carbocycles. The Morgan fingerprint density at radius 1 is 1.21 bits per heavy atom. The van der Waals surface area contributed by atoms with Crippen LogP contribution < -0.4 is 10.1 Å². The van der Waals surface area contributed by atoms with E-state index in [0.717, 1.165) is 33.6 Å². The number of halogens is 1. The van der Waals surface area contributed by atoms with Crippen molar-refractivity contribution in [3.05, 3.63) is 64.9 Å². The summed E-state index contributed by atoms with van der Waals surface area (Å²) in [6.07, 6.45) is 5.34. The highest BCUT2D eigenvalue weighted by Crippen LogP contribution is 2.27. The molecule has 0 radical (unpaired) electrons. The molecule has 0 fully saturated rings. The van der Waals surface area contributed by atoms with Crippen LogP contribution in [0.2, 0.25) is 0 Å². The lowest BCUT2D eigenvalue weighted by molar-refractivity contribution is -0.116. The second-order valence-electron chi connectivity index (χ2n) is 6.65. The molecule has 3 aromatic rings. The number of aromatic nitrogens is 2. The number of carbonyl (C=O) groups is 1. The van der Waals surface area contributed by atoms with E-state index in [-0.39, 0.29) is 5.91 Å². The number of benzene rings is 2. The summed E-state index contributed by atoms with van der Waals surface area (Å²) in [6.45, 7) is 0.465. The number of carbonyl (C=O) groups excluding carboxylic acids is 1. The Morgan fingerprint density at radius 3 is 2.93 bits per heavy atom. The van der Waals surface area contributed by atoms with Gasteiger partial charge in [0.25, 0.3) is 0 Å². The maximum atomic E-state index is 12.8. The van der Waals surface area contributed by atoms with Gasteiger partial charge in [-0.25, -0.2) is 4.98 Å². The van der Waals surface area contributed by atoms with Crippen LogP contribution in [0.3, 0.4) is 0 Å². The number of amides is 1. The number of nitrogens with zero attached hydrogens (tertiary/aromatic N) is 2. The third-order valence-electron chi connectivity index (χ3n) is 4.64. The molecular formula is C21H20BrN3O3S. The van der Waals surface area contributed by atoms with Gasteiger partial charge >= 0.3 is 0 Å². The van der Waals surface area contributed by atoms with E-state index >= 15 is 0 Å². The summed E-state index contributed by atoms with van der Waals surface area (Å²) in [7, 11) is -1.23. The number of nitrogens with one attached hydrogen (secondary N) is 1. The van der Waals surface area contributed by atoms with Crippen LogP contribution >= 0.6 is 15.9 Å². The first-order valence-corrected chi connectivity index (χ1v) is 11.5. The van der Waals surface area contributed by atoms with Crippen molar-refractivity contribution in [3.8, 4) is 11.4 Å². The van der Waals surface area contributed by atoms with E-state index in [9.17, 15) is 9.00 Å². The normalized spacial score (nSPS) is 14.2. The molecule has 1 unspecified atom stereocenters. The van der Waals surface area contributed by atoms with Gasteiger partial charge in [0.1, 0.15) is 5.75 Å². The number of hydrogen-bond acceptors (Lipinski definition) is 4. The monoisotopic (exact) mass is 473 g/mol. The minimum atomic E-state index is -1.23. The van der Waals surface area contributed by atoms with Crippen LogP contribution in [0.1, 0.15) is 18.4 Å². The van der Waals surface area contributed by atoms with Crippen molar-refractivity contribution < 1.29 is 13.7 Å². The maximum Gasteiger partial charge on any atom is 0.224 e. The number of fused-ring (bicyclic) bond motifs is 1. The molecule has 8 heteroatoms. The quantitative estimate of drug-likeness (QED) is 0.524. The fourth-order valence-corrected chi connectivity index (χ4v) is 4.80. The predicted molar refractivity (Wildman–Crippen MR) is 116 cm³/mol. The van der Waals surface area contributed by atoms with E-state index < -0.39 is 10.8 Å². The minimum Gasteiger partial charge on any atom is -0.494 e. The Morgan fingerprint density at radius 2 is 2.07 bits per heavy atom. The number of ether oxygens (including phenoxy) is 1. The van der Waals surface area contributed by atoms with E-state index in [0.29, 0.717) is 30.4 Å². The standard InChI is InChI=1S/C21H20BrN3O3S/c22-17-4-1-2-5-19(17)25-11-10-23-21(25)29(27)13-3-12-28-16-7-8-18-15(14-16)6-9-20(26)24-18/h1-2,4-5,7-8,10-11,14H,3,6,9,12-13H2,(H,24,26). The zero-order chi connectivity index (χ0) is 20.2. The van der Waals surface area contributed by atoms with Gasteiger partial charge in [-0.3, -0.25) is 13.6 Å². The van der Waals surface area contributed by atoms with Crippen molar-refractivity contribution >= 4 is 38.3 Å². The second-order valence-corrected chi connectivity index (χ2v) is 8.97. The first kappa shape index (κ1) is 19.8. The molecule has 4 rings (SSSR count). The van der Waals surface area contributed by atoms with Crippen LogP contribution in [-0.4, -0.2) is 32.0 Å². The first-order valence-electron chi connectivity index (χ1n) is 9.34. The van der Waals surface area contributed by atoms with E-state index in [1.165, 1.54) is 0 Å². The molecule has 0 saturated heterocycles. The second kappa shape index (κ2) is 8.92. The van der Waals surface area contributed by atoms with Gasteiger partial charge in [-0.2, -0.15) is 0 Å². The number of hydrogen-bond donors (Lipinski definition) is 1. The molecule has 29 heavy (non-hydrogen) atoms. The molecule has 1 aliphatic rings. The van der Waals surface area contributed by atoms with Crippen LogP contribution in [0.4, 0.5) is 5.69 Å². The van der Waals surface area contributed by atoms with Crippen molar-refractivity contribution in [3.63, 3.8) is 0 Å². The zero-order valence-electron chi connectivity index (χ0n) is 15.6. The Balaban J connectivity index is 1.33. The third kappa shape index (κ3) is 4.59. The number of para-hydroxylation sites is 1. The van der Waals surface area contributed by atoms with Crippen molar-refractivity contribution in [1.29, 1.82) is 0 Å². The molecule has 0 bridgehead atoms. The minimum absolute atomic E-state index is 0.0505. The highest BCUT2D eigenvalue weighted by atomic mass is 79.9. The van der Waals surface area contributed by atoms with Gasteiger partial charge in [0.2, 0.25) is 11.1 Å². The summed E-state index contributed by atoms with van der Waals surface area (Å²) < 4.78 is 21.3. The van der Waals surface area contributed by atoms with Crippen LogP contribution in [0.15, 0.2) is 64.5 Å². The van der Waals surface area contributed by atoms with E-state index in [1.54, 1.807) is 6.20 Å². The van der Waals surface area contributed by atoms with E-state index in [1.807, 2.05) is 53.2 Å². The smallest absolute Gasteiger partial charge is 0.224 e. The first-order chi connectivity index (χ1) is 14.1. The SMILES string of the molecule is O=C1CCc2cc(OCCCS(=O)c3nccn3-c3ccccc3Br)ccc2N1. The summed E-state index contributed by atoms with van der Waals surface area (Å²) in [6, 6.07) is 13.5. The summed E-state index contributed by atoms with van der Waals surface area (Å²) in [5.74, 6) is 1.28. The number of imidazole rings is 1. The van der Waals surface area contributed by atoms with E-state index in [4.69, 9.17) is 4.74 Å². The summed E-state index contributed by atoms with van der Waals surface area (Å²) in [5.41, 5.74) is 2.85. The molecule has 150 valence electrons. The van der Waals surface area contributed by atoms with Crippen LogP contribution in [0, 0.1) is 0 Å².